The Labute approximate surface area is 177 Å². The van der Waals surface area contributed by atoms with Crippen molar-refractivity contribution in [3.8, 4) is 0 Å². The van der Waals surface area contributed by atoms with Crippen LogP contribution in [-0.4, -0.2) is 58.4 Å². The third-order valence-electron chi connectivity index (χ3n) is 5.84. The minimum Gasteiger partial charge on any atom is -0.369 e. The van der Waals surface area contributed by atoms with Crippen LogP contribution in [0.15, 0.2) is 54.7 Å². The quantitative estimate of drug-likeness (QED) is 0.650. The van der Waals surface area contributed by atoms with Gasteiger partial charge in [-0.2, -0.15) is 0 Å². The molecular formula is C24H29N5O. The lowest BCUT2D eigenvalue weighted by Gasteiger charge is -2.23. The fourth-order valence-electron chi connectivity index (χ4n) is 4.12. The van der Waals surface area contributed by atoms with Gasteiger partial charge in [0.2, 0.25) is 0 Å². The van der Waals surface area contributed by atoms with Gasteiger partial charge in [0.15, 0.2) is 0 Å². The number of nitrogens with one attached hydrogen (secondary N) is 1. The van der Waals surface area contributed by atoms with Crippen LogP contribution >= 0.6 is 0 Å². The van der Waals surface area contributed by atoms with E-state index in [2.05, 4.69) is 27.1 Å². The van der Waals surface area contributed by atoms with Crippen molar-refractivity contribution in [3.63, 3.8) is 0 Å². The van der Waals surface area contributed by atoms with E-state index in [4.69, 9.17) is 0 Å². The number of rotatable bonds is 7. The van der Waals surface area contributed by atoms with Crippen LogP contribution < -0.4 is 5.32 Å². The van der Waals surface area contributed by atoms with E-state index < -0.39 is 0 Å². The van der Waals surface area contributed by atoms with Crippen LogP contribution in [0.1, 0.15) is 35.8 Å². The first-order valence-corrected chi connectivity index (χ1v) is 10.7. The van der Waals surface area contributed by atoms with E-state index in [0.717, 1.165) is 35.5 Å². The number of fused-ring (bicyclic) bond motifs is 1. The third kappa shape index (κ3) is 4.60. The van der Waals surface area contributed by atoms with Crippen molar-refractivity contribution in [2.45, 2.75) is 32.4 Å². The second kappa shape index (κ2) is 9.22. The van der Waals surface area contributed by atoms with Gasteiger partial charge in [-0.05, 0) is 50.2 Å². The molecule has 4 rings (SSSR count). The minimum absolute atomic E-state index is 0.0584. The smallest absolute Gasteiger partial charge is 0.255 e. The summed E-state index contributed by atoms with van der Waals surface area (Å²) >= 11 is 0. The van der Waals surface area contributed by atoms with Gasteiger partial charge in [0, 0.05) is 31.2 Å². The first-order valence-electron chi connectivity index (χ1n) is 10.7. The van der Waals surface area contributed by atoms with E-state index in [1.165, 1.54) is 19.4 Å². The molecule has 0 bridgehead atoms. The number of carbonyl (C=O) groups is 1. The molecule has 1 aliphatic heterocycles. The Kier molecular flexibility index (Phi) is 6.23. The lowest BCUT2D eigenvalue weighted by Crippen LogP contribution is -2.34. The summed E-state index contributed by atoms with van der Waals surface area (Å²) in [7, 11) is 1.80. The molecular weight excluding hydrogens is 374 g/mol. The van der Waals surface area contributed by atoms with Gasteiger partial charge in [-0.1, -0.05) is 31.2 Å². The van der Waals surface area contributed by atoms with E-state index in [1.807, 2.05) is 48.5 Å². The van der Waals surface area contributed by atoms with Gasteiger partial charge in [0.05, 0.1) is 23.3 Å². The Morgan fingerprint density at radius 2 is 2.07 bits per heavy atom. The molecule has 0 radical (unpaired) electrons. The summed E-state index contributed by atoms with van der Waals surface area (Å²) in [6.45, 7) is 5.83. The van der Waals surface area contributed by atoms with Crippen LogP contribution in [-0.2, 0) is 6.54 Å². The summed E-state index contributed by atoms with van der Waals surface area (Å²) in [5, 5.41) is 4.51. The standard InChI is InChI=1S/C24H29N5O/c1-3-29-14-6-8-21(29)16-26-23-13-11-19(15-25-23)24(30)28(2)17-20-12-10-18-7-4-5-9-22(18)27-20/h4-5,7,9-13,15,21H,3,6,8,14,16-17H2,1-2H3,(H,25,26). The van der Waals surface area contributed by atoms with Gasteiger partial charge in [-0.15, -0.1) is 0 Å². The molecule has 156 valence electrons. The van der Waals surface area contributed by atoms with Gasteiger partial charge in [0.1, 0.15) is 5.82 Å². The highest BCUT2D eigenvalue weighted by Crippen LogP contribution is 2.18. The van der Waals surface area contributed by atoms with Crippen LogP contribution in [0.2, 0.25) is 0 Å². The fraction of sp³-hybridized carbons (Fsp3) is 0.375. The van der Waals surface area contributed by atoms with E-state index in [-0.39, 0.29) is 5.91 Å². The lowest BCUT2D eigenvalue weighted by atomic mass is 10.2. The number of nitrogens with zero attached hydrogens (tertiary/aromatic N) is 4. The largest absolute Gasteiger partial charge is 0.369 e. The molecule has 3 aromatic rings. The molecule has 1 saturated heterocycles. The van der Waals surface area contributed by atoms with Crippen molar-refractivity contribution in [2.24, 2.45) is 0 Å². The summed E-state index contributed by atoms with van der Waals surface area (Å²) in [6, 6.07) is 16.3. The molecule has 3 heterocycles. The molecule has 1 unspecified atom stereocenters. The van der Waals surface area contributed by atoms with Crippen molar-refractivity contribution >= 4 is 22.6 Å². The van der Waals surface area contributed by atoms with Crippen LogP contribution in [0.4, 0.5) is 5.82 Å². The normalized spacial score (nSPS) is 16.7. The molecule has 1 fully saturated rings. The molecule has 1 N–H and O–H groups in total. The monoisotopic (exact) mass is 403 g/mol. The van der Waals surface area contributed by atoms with Crippen LogP contribution in [0, 0.1) is 0 Å². The number of pyridine rings is 2. The Morgan fingerprint density at radius 3 is 2.87 bits per heavy atom. The molecule has 0 aliphatic carbocycles. The first-order chi connectivity index (χ1) is 14.6. The van der Waals surface area contributed by atoms with Crippen molar-refractivity contribution in [1.82, 2.24) is 19.8 Å². The van der Waals surface area contributed by atoms with Crippen molar-refractivity contribution < 1.29 is 4.79 Å². The topological polar surface area (TPSA) is 61.4 Å². The SMILES string of the molecule is CCN1CCCC1CNc1ccc(C(=O)N(C)Cc2ccc3ccccc3n2)cn1. The summed E-state index contributed by atoms with van der Waals surface area (Å²) in [5.41, 5.74) is 2.39. The molecule has 1 aromatic carbocycles. The van der Waals surface area contributed by atoms with Gasteiger partial charge in [-0.25, -0.2) is 4.98 Å². The molecule has 30 heavy (non-hydrogen) atoms. The molecule has 0 saturated carbocycles. The number of benzene rings is 1. The highest BCUT2D eigenvalue weighted by molar-refractivity contribution is 5.93. The summed E-state index contributed by atoms with van der Waals surface area (Å²) in [5.74, 6) is 0.755. The lowest BCUT2D eigenvalue weighted by molar-refractivity contribution is 0.0783. The maximum absolute atomic E-state index is 12.8. The van der Waals surface area contributed by atoms with Gasteiger partial charge >= 0.3 is 0 Å². The molecule has 6 heteroatoms. The van der Waals surface area contributed by atoms with Crippen molar-refractivity contribution in [1.29, 1.82) is 0 Å². The fourth-order valence-corrected chi connectivity index (χ4v) is 4.12. The van der Waals surface area contributed by atoms with Crippen LogP contribution in [0.5, 0.6) is 0 Å². The first kappa shape index (κ1) is 20.3. The van der Waals surface area contributed by atoms with Gasteiger partial charge < -0.3 is 10.2 Å². The molecule has 6 nitrogen and oxygen atoms in total. The second-order valence-corrected chi connectivity index (χ2v) is 7.89. The maximum atomic E-state index is 12.8. The number of anilines is 1. The highest BCUT2D eigenvalue weighted by Gasteiger charge is 2.22. The molecule has 1 aliphatic rings. The zero-order valence-electron chi connectivity index (χ0n) is 17.7. The Balaban J connectivity index is 1.35. The Hall–Kier alpha value is -2.99. The average molecular weight is 404 g/mol. The van der Waals surface area contributed by atoms with Crippen molar-refractivity contribution in [3.05, 3.63) is 66.0 Å². The number of amides is 1. The number of carbonyl (C=O) groups excluding carboxylic acids is 1. The summed E-state index contributed by atoms with van der Waals surface area (Å²) in [4.78, 5) is 26.1. The van der Waals surface area contributed by atoms with E-state index >= 15 is 0 Å². The number of likely N-dealkylation sites (N-methyl/N-ethyl adjacent to an activating group) is 1. The predicted octanol–water partition coefficient (Wildman–Crippen LogP) is 3.80. The minimum atomic E-state index is -0.0584. The molecule has 1 amide bonds. The zero-order chi connectivity index (χ0) is 20.9. The predicted molar refractivity (Wildman–Crippen MR) is 121 cm³/mol. The second-order valence-electron chi connectivity index (χ2n) is 7.89. The zero-order valence-corrected chi connectivity index (χ0v) is 17.7. The van der Waals surface area contributed by atoms with Gasteiger partial charge in [-0.3, -0.25) is 14.7 Å². The number of hydrogen-bond acceptors (Lipinski definition) is 5. The van der Waals surface area contributed by atoms with Crippen LogP contribution in [0.25, 0.3) is 10.9 Å². The number of para-hydroxylation sites is 1. The third-order valence-corrected chi connectivity index (χ3v) is 5.84. The number of likely N-dealkylation sites (tertiary alicyclic amines) is 1. The molecule has 1 atom stereocenters. The molecule has 2 aromatic heterocycles. The Morgan fingerprint density at radius 1 is 1.20 bits per heavy atom. The number of hydrogen-bond donors (Lipinski definition) is 1. The molecule has 0 spiro atoms. The summed E-state index contributed by atoms with van der Waals surface area (Å²) < 4.78 is 0. The van der Waals surface area contributed by atoms with Crippen LogP contribution in [0.3, 0.4) is 0 Å². The van der Waals surface area contributed by atoms with E-state index in [9.17, 15) is 4.79 Å². The Bertz CT molecular complexity index is 1000. The maximum Gasteiger partial charge on any atom is 0.255 e. The van der Waals surface area contributed by atoms with Gasteiger partial charge in [0.25, 0.3) is 5.91 Å². The van der Waals surface area contributed by atoms with E-state index in [1.54, 1.807) is 18.1 Å². The highest BCUT2D eigenvalue weighted by atomic mass is 16.2. The van der Waals surface area contributed by atoms with E-state index in [0.29, 0.717) is 18.2 Å². The van der Waals surface area contributed by atoms with Crippen molar-refractivity contribution in [2.75, 3.05) is 32.0 Å². The average Bonchev–Trinajstić information content (AvgIpc) is 3.25. The summed E-state index contributed by atoms with van der Waals surface area (Å²) in [6.07, 6.45) is 4.14. The number of aromatic nitrogens is 2.